The van der Waals surface area contributed by atoms with Crippen LogP contribution < -0.4 is 11.1 Å². The molecule has 0 atom stereocenters. The number of hydrogen-bond donors (Lipinski definition) is 4. The second kappa shape index (κ2) is 5.59. The zero-order valence-corrected chi connectivity index (χ0v) is 13.0. The van der Waals surface area contributed by atoms with Gasteiger partial charge in [-0.25, -0.2) is 4.98 Å². The van der Waals surface area contributed by atoms with Crippen molar-refractivity contribution in [2.45, 2.75) is 26.3 Å². The fraction of sp³-hybridized carbons (Fsp3) is 0.429. The minimum atomic E-state index is -1.09. The van der Waals surface area contributed by atoms with E-state index in [1.807, 2.05) is 19.9 Å². The normalized spacial score (nSPS) is 11.9. The largest absolute Gasteiger partial charge is 0.397 e. The average molecular weight is 309 g/mol. The van der Waals surface area contributed by atoms with E-state index in [-0.39, 0.29) is 13.2 Å². The smallest absolute Gasteiger partial charge is 0.264 e. The first-order valence-electron chi connectivity index (χ1n) is 6.52. The van der Waals surface area contributed by atoms with Gasteiger partial charge in [-0.1, -0.05) is 0 Å². The maximum absolute atomic E-state index is 12.3. The SMILES string of the molecule is Cc1cc(C)c2c(N)c(C(=O)NC(C)(CO)CO)sc2n1. The van der Waals surface area contributed by atoms with Crippen molar-refractivity contribution in [3.05, 3.63) is 22.2 Å². The Morgan fingerprint density at radius 2 is 2.05 bits per heavy atom. The molecule has 2 rings (SSSR count). The zero-order valence-electron chi connectivity index (χ0n) is 12.2. The lowest BCUT2D eigenvalue weighted by Gasteiger charge is -2.25. The van der Waals surface area contributed by atoms with Gasteiger partial charge >= 0.3 is 0 Å². The minimum absolute atomic E-state index is 0.347. The predicted molar refractivity (Wildman–Crippen MR) is 83.5 cm³/mol. The summed E-state index contributed by atoms with van der Waals surface area (Å²) < 4.78 is 0. The molecule has 0 aliphatic heterocycles. The molecule has 114 valence electrons. The summed E-state index contributed by atoms with van der Waals surface area (Å²) in [5.74, 6) is -0.418. The Kier molecular flexibility index (Phi) is 4.18. The number of anilines is 1. The van der Waals surface area contributed by atoms with Crippen molar-refractivity contribution >= 4 is 33.1 Å². The van der Waals surface area contributed by atoms with Crippen molar-refractivity contribution in [1.82, 2.24) is 10.3 Å². The number of pyridine rings is 1. The molecule has 2 heterocycles. The molecule has 21 heavy (non-hydrogen) atoms. The Hall–Kier alpha value is -1.70. The van der Waals surface area contributed by atoms with Crippen molar-refractivity contribution in [3.63, 3.8) is 0 Å². The number of thiophene rings is 1. The predicted octanol–water partition coefficient (Wildman–Crippen LogP) is 0.968. The Balaban J connectivity index is 2.45. The summed E-state index contributed by atoms with van der Waals surface area (Å²) in [5.41, 5.74) is 7.21. The van der Waals surface area contributed by atoms with Crippen molar-refractivity contribution in [2.75, 3.05) is 18.9 Å². The number of carbonyl (C=O) groups excluding carboxylic acids is 1. The number of aromatic nitrogens is 1. The molecular formula is C14H19N3O3S. The number of nitrogens with zero attached hydrogens (tertiary/aromatic N) is 1. The quantitative estimate of drug-likeness (QED) is 0.673. The Labute approximate surface area is 126 Å². The maximum Gasteiger partial charge on any atom is 0.264 e. The van der Waals surface area contributed by atoms with E-state index < -0.39 is 11.4 Å². The summed E-state index contributed by atoms with van der Waals surface area (Å²) >= 11 is 1.21. The standard InChI is InChI=1S/C14H19N3O3S/c1-7-4-8(2)16-13-9(7)10(15)11(21-13)12(20)17-14(3,5-18)6-19/h4,18-19H,5-6,15H2,1-3H3,(H,17,20). The molecule has 0 aromatic carbocycles. The van der Waals surface area contributed by atoms with E-state index >= 15 is 0 Å². The molecule has 0 saturated heterocycles. The number of rotatable bonds is 4. The van der Waals surface area contributed by atoms with Crippen LogP contribution in [0.2, 0.25) is 0 Å². The Morgan fingerprint density at radius 3 is 2.62 bits per heavy atom. The summed E-state index contributed by atoms with van der Waals surface area (Å²) in [6.45, 7) is 4.64. The number of carbonyl (C=O) groups is 1. The second-order valence-corrected chi connectivity index (χ2v) is 6.44. The highest BCUT2D eigenvalue weighted by atomic mass is 32.1. The lowest BCUT2D eigenvalue weighted by atomic mass is 10.1. The molecule has 0 fully saturated rings. The molecule has 0 saturated carbocycles. The molecular weight excluding hydrogens is 290 g/mol. The first kappa shape index (κ1) is 15.7. The minimum Gasteiger partial charge on any atom is -0.397 e. The average Bonchev–Trinajstić information content (AvgIpc) is 2.75. The zero-order chi connectivity index (χ0) is 15.8. The van der Waals surface area contributed by atoms with Gasteiger partial charge in [0.1, 0.15) is 9.71 Å². The lowest BCUT2D eigenvalue weighted by molar-refractivity contribution is 0.0728. The lowest BCUT2D eigenvalue weighted by Crippen LogP contribution is -2.51. The van der Waals surface area contributed by atoms with Crippen LogP contribution in [0.5, 0.6) is 0 Å². The van der Waals surface area contributed by atoms with E-state index in [0.717, 1.165) is 16.6 Å². The third-order valence-corrected chi connectivity index (χ3v) is 4.44. The van der Waals surface area contributed by atoms with Crippen LogP contribution in [0.15, 0.2) is 6.07 Å². The molecule has 2 aromatic rings. The number of fused-ring (bicyclic) bond motifs is 1. The van der Waals surface area contributed by atoms with Gasteiger partial charge in [0.2, 0.25) is 0 Å². The number of nitrogens with two attached hydrogens (primary N) is 1. The highest BCUT2D eigenvalue weighted by Crippen LogP contribution is 2.35. The van der Waals surface area contributed by atoms with Crippen LogP contribution in [0, 0.1) is 13.8 Å². The molecule has 0 aliphatic carbocycles. The molecule has 0 radical (unpaired) electrons. The number of aliphatic hydroxyl groups excluding tert-OH is 2. The third kappa shape index (κ3) is 2.85. The summed E-state index contributed by atoms with van der Waals surface area (Å²) in [5, 5.41) is 21.9. The fourth-order valence-electron chi connectivity index (χ4n) is 2.10. The fourth-order valence-corrected chi connectivity index (χ4v) is 3.21. The highest BCUT2D eigenvalue weighted by molar-refractivity contribution is 7.21. The van der Waals surface area contributed by atoms with Gasteiger partial charge in [0.05, 0.1) is 24.4 Å². The van der Waals surface area contributed by atoms with Gasteiger partial charge in [-0.3, -0.25) is 4.79 Å². The molecule has 6 nitrogen and oxygen atoms in total. The number of aryl methyl sites for hydroxylation is 2. The Bertz CT molecular complexity index is 692. The van der Waals surface area contributed by atoms with E-state index in [4.69, 9.17) is 5.73 Å². The first-order valence-corrected chi connectivity index (χ1v) is 7.33. The first-order chi connectivity index (χ1) is 9.81. The van der Waals surface area contributed by atoms with Gasteiger partial charge in [-0.15, -0.1) is 11.3 Å². The van der Waals surface area contributed by atoms with E-state index in [1.54, 1.807) is 6.92 Å². The summed E-state index contributed by atoms with van der Waals surface area (Å²) in [7, 11) is 0. The summed E-state index contributed by atoms with van der Waals surface area (Å²) in [4.78, 5) is 17.8. The van der Waals surface area contributed by atoms with Gasteiger partial charge in [-0.05, 0) is 32.4 Å². The molecule has 5 N–H and O–H groups in total. The maximum atomic E-state index is 12.3. The van der Waals surface area contributed by atoms with Gasteiger partial charge < -0.3 is 21.3 Å². The molecule has 0 spiro atoms. The van der Waals surface area contributed by atoms with E-state index in [0.29, 0.717) is 15.4 Å². The molecule has 0 unspecified atom stereocenters. The summed E-state index contributed by atoms with van der Waals surface area (Å²) in [6, 6.07) is 1.92. The van der Waals surface area contributed by atoms with E-state index in [9.17, 15) is 15.0 Å². The van der Waals surface area contributed by atoms with Gasteiger partial charge in [0, 0.05) is 11.1 Å². The number of amides is 1. The van der Waals surface area contributed by atoms with Gasteiger partial charge in [0.15, 0.2) is 0 Å². The van der Waals surface area contributed by atoms with Crippen LogP contribution >= 0.6 is 11.3 Å². The number of hydrogen-bond acceptors (Lipinski definition) is 6. The monoisotopic (exact) mass is 309 g/mol. The van der Waals surface area contributed by atoms with Crippen LogP contribution in [0.1, 0.15) is 27.9 Å². The van der Waals surface area contributed by atoms with Crippen molar-refractivity contribution in [2.24, 2.45) is 0 Å². The summed E-state index contributed by atoms with van der Waals surface area (Å²) in [6.07, 6.45) is 0. The topological polar surface area (TPSA) is 108 Å². The van der Waals surface area contributed by atoms with Crippen LogP contribution in [0.25, 0.3) is 10.2 Å². The molecule has 7 heteroatoms. The number of nitrogen functional groups attached to an aromatic ring is 1. The second-order valence-electron chi connectivity index (χ2n) is 5.44. The van der Waals surface area contributed by atoms with Crippen LogP contribution in [-0.4, -0.2) is 39.9 Å². The van der Waals surface area contributed by atoms with Crippen LogP contribution in [-0.2, 0) is 0 Å². The Morgan fingerprint density at radius 1 is 1.43 bits per heavy atom. The number of nitrogens with one attached hydrogen (secondary N) is 1. The van der Waals surface area contributed by atoms with Gasteiger partial charge in [-0.2, -0.15) is 0 Å². The molecule has 0 aliphatic rings. The van der Waals surface area contributed by atoms with E-state index in [1.165, 1.54) is 11.3 Å². The molecule has 2 aromatic heterocycles. The van der Waals surface area contributed by atoms with E-state index in [2.05, 4.69) is 10.3 Å². The highest BCUT2D eigenvalue weighted by Gasteiger charge is 2.28. The van der Waals surface area contributed by atoms with Crippen LogP contribution in [0.3, 0.4) is 0 Å². The molecule has 0 bridgehead atoms. The van der Waals surface area contributed by atoms with Crippen LogP contribution in [0.4, 0.5) is 5.69 Å². The van der Waals surface area contributed by atoms with Gasteiger partial charge in [0.25, 0.3) is 5.91 Å². The van der Waals surface area contributed by atoms with Crippen molar-refractivity contribution in [1.29, 1.82) is 0 Å². The van der Waals surface area contributed by atoms with Crippen molar-refractivity contribution < 1.29 is 15.0 Å². The van der Waals surface area contributed by atoms with Crippen molar-refractivity contribution in [3.8, 4) is 0 Å². The molecule has 1 amide bonds. The third-order valence-electron chi connectivity index (χ3n) is 3.34. The number of aliphatic hydroxyl groups is 2.